The van der Waals surface area contributed by atoms with Crippen LogP contribution in [0.25, 0.3) is 0 Å². The third-order valence-electron chi connectivity index (χ3n) is 2.46. The maximum absolute atomic E-state index is 6.16. The van der Waals surface area contributed by atoms with Crippen molar-refractivity contribution in [3.63, 3.8) is 0 Å². The minimum absolute atomic E-state index is 0.930. The summed E-state index contributed by atoms with van der Waals surface area (Å²) in [5, 5.41) is 0.930. The van der Waals surface area contributed by atoms with Gasteiger partial charge in [-0.05, 0) is 37.8 Å². The summed E-state index contributed by atoms with van der Waals surface area (Å²) >= 11 is 6.16. The Hall–Kier alpha value is -0.490. The zero-order valence-electron chi connectivity index (χ0n) is 8.00. The van der Waals surface area contributed by atoms with Crippen LogP contribution >= 0.6 is 11.6 Å². The Kier molecular flexibility index (Phi) is 2.79. The van der Waals surface area contributed by atoms with Crippen molar-refractivity contribution in [3.05, 3.63) is 33.9 Å². The van der Waals surface area contributed by atoms with Crippen molar-refractivity contribution >= 4 is 11.6 Å². The second kappa shape index (κ2) is 3.49. The molecule has 1 heteroatoms. The molecule has 0 aromatic rings. The van der Waals surface area contributed by atoms with Gasteiger partial charge in [0.05, 0.1) is 0 Å². The van der Waals surface area contributed by atoms with Gasteiger partial charge < -0.3 is 0 Å². The van der Waals surface area contributed by atoms with Crippen LogP contribution in [-0.2, 0) is 0 Å². The largest absolute Gasteiger partial charge is 0.0958 e. The van der Waals surface area contributed by atoms with E-state index in [1.54, 1.807) is 0 Å². The molecule has 1 rings (SSSR count). The Bertz CT molecular complexity index is 279. The molecule has 0 heterocycles. The first-order valence-corrected chi connectivity index (χ1v) is 4.69. The lowest BCUT2D eigenvalue weighted by molar-refractivity contribution is 1.01. The molecule has 0 saturated heterocycles. The first-order chi connectivity index (χ1) is 5.57. The number of hydrogen-bond donors (Lipinski definition) is 0. The zero-order chi connectivity index (χ0) is 9.30. The van der Waals surface area contributed by atoms with Gasteiger partial charge in [0.15, 0.2) is 0 Å². The monoisotopic (exact) mass is 182 g/mol. The fourth-order valence-corrected chi connectivity index (χ4v) is 1.90. The Balaban J connectivity index is 2.97. The fourth-order valence-electron chi connectivity index (χ4n) is 1.53. The van der Waals surface area contributed by atoms with Crippen molar-refractivity contribution < 1.29 is 0 Å². The van der Waals surface area contributed by atoms with E-state index in [0.29, 0.717) is 0 Å². The topological polar surface area (TPSA) is 0 Å². The van der Waals surface area contributed by atoms with Crippen LogP contribution in [0.3, 0.4) is 0 Å². The molecule has 0 nitrogen and oxygen atoms in total. The number of allylic oxidation sites excluding steroid dienone is 5. The molecule has 0 saturated carbocycles. The van der Waals surface area contributed by atoms with Gasteiger partial charge in [-0.1, -0.05) is 36.2 Å². The van der Waals surface area contributed by atoms with Gasteiger partial charge in [0.2, 0.25) is 0 Å². The van der Waals surface area contributed by atoms with Crippen molar-refractivity contribution in [1.29, 1.82) is 0 Å². The minimum Gasteiger partial charge on any atom is -0.0958 e. The normalized spacial score (nSPS) is 17.7. The molecule has 0 N–H and O–H groups in total. The third kappa shape index (κ3) is 1.49. The third-order valence-corrected chi connectivity index (χ3v) is 2.97. The van der Waals surface area contributed by atoms with Crippen LogP contribution in [0.1, 0.15) is 33.6 Å². The second-order valence-corrected chi connectivity index (χ2v) is 3.71. The van der Waals surface area contributed by atoms with Crippen LogP contribution in [-0.4, -0.2) is 0 Å². The molecule has 0 bridgehead atoms. The van der Waals surface area contributed by atoms with Crippen LogP contribution in [0.2, 0.25) is 0 Å². The van der Waals surface area contributed by atoms with Gasteiger partial charge in [-0.3, -0.25) is 0 Å². The lowest BCUT2D eigenvalue weighted by atomic mass is 10.0. The maximum atomic E-state index is 6.16. The van der Waals surface area contributed by atoms with E-state index in [2.05, 4.69) is 20.4 Å². The van der Waals surface area contributed by atoms with E-state index >= 15 is 0 Å². The highest BCUT2D eigenvalue weighted by Gasteiger charge is 2.18. The summed E-state index contributed by atoms with van der Waals surface area (Å²) in [6, 6.07) is 0. The van der Waals surface area contributed by atoms with Crippen LogP contribution < -0.4 is 0 Å². The Labute approximate surface area is 79.6 Å². The molecule has 0 radical (unpaired) electrons. The van der Waals surface area contributed by atoms with Gasteiger partial charge in [-0.2, -0.15) is 0 Å². The zero-order valence-corrected chi connectivity index (χ0v) is 8.76. The molecule has 0 fully saturated rings. The first-order valence-electron chi connectivity index (χ1n) is 4.31. The number of rotatable bonds is 2. The predicted molar refractivity (Wildman–Crippen MR) is 55.3 cm³/mol. The minimum atomic E-state index is 0.930. The van der Waals surface area contributed by atoms with E-state index in [4.69, 9.17) is 11.6 Å². The highest BCUT2D eigenvalue weighted by molar-refractivity contribution is 6.33. The standard InChI is InChI=1S/C11H15Cl/c1-5-9-6-10(7(2)3)11(12)8(9)4/h2,5-6H2,1,3-4H3. The molecule has 66 valence electrons. The summed E-state index contributed by atoms with van der Waals surface area (Å²) in [5.74, 6) is 0. The molecular weight excluding hydrogens is 168 g/mol. The van der Waals surface area contributed by atoms with Crippen LogP contribution in [0.5, 0.6) is 0 Å². The molecular formula is C11H15Cl. The summed E-state index contributed by atoms with van der Waals surface area (Å²) < 4.78 is 0. The van der Waals surface area contributed by atoms with Crippen LogP contribution in [0.15, 0.2) is 33.9 Å². The van der Waals surface area contributed by atoms with Crippen molar-refractivity contribution in [1.82, 2.24) is 0 Å². The lowest BCUT2D eigenvalue weighted by Gasteiger charge is -2.01. The predicted octanol–water partition coefficient (Wildman–Crippen LogP) is 4.19. The van der Waals surface area contributed by atoms with Gasteiger partial charge in [0.25, 0.3) is 0 Å². The van der Waals surface area contributed by atoms with Gasteiger partial charge in [-0.25, -0.2) is 0 Å². The quantitative estimate of drug-likeness (QED) is 0.601. The maximum Gasteiger partial charge on any atom is 0.0472 e. The van der Waals surface area contributed by atoms with E-state index in [9.17, 15) is 0 Å². The molecule has 0 aliphatic heterocycles. The van der Waals surface area contributed by atoms with Gasteiger partial charge in [0.1, 0.15) is 0 Å². The Morgan fingerprint density at radius 1 is 1.58 bits per heavy atom. The number of hydrogen-bond acceptors (Lipinski definition) is 0. The van der Waals surface area contributed by atoms with E-state index in [1.165, 1.54) is 16.7 Å². The average Bonchev–Trinajstić information content (AvgIpc) is 2.30. The molecule has 0 spiro atoms. The highest BCUT2D eigenvalue weighted by Crippen LogP contribution is 2.38. The molecule has 1 aliphatic rings. The molecule has 0 aromatic carbocycles. The van der Waals surface area contributed by atoms with E-state index in [0.717, 1.165) is 23.4 Å². The Morgan fingerprint density at radius 3 is 2.42 bits per heavy atom. The second-order valence-electron chi connectivity index (χ2n) is 3.33. The highest BCUT2D eigenvalue weighted by atomic mass is 35.5. The van der Waals surface area contributed by atoms with E-state index in [-0.39, 0.29) is 0 Å². The Morgan fingerprint density at radius 2 is 2.17 bits per heavy atom. The van der Waals surface area contributed by atoms with Gasteiger partial charge in [0, 0.05) is 5.03 Å². The van der Waals surface area contributed by atoms with Crippen molar-refractivity contribution in [2.24, 2.45) is 0 Å². The summed E-state index contributed by atoms with van der Waals surface area (Å²) in [5.41, 5.74) is 5.05. The van der Waals surface area contributed by atoms with Crippen molar-refractivity contribution in [2.75, 3.05) is 0 Å². The smallest absolute Gasteiger partial charge is 0.0472 e. The molecule has 0 unspecified atom stereocenters. The van der Waals surface area contributed by atoms with Crippen LogP contribution in [0.4, 0.5) is 0 Å². The van der Waals surface area contributed by atoms with Crippen LogP contribution in [0, 0.1) is 0 Å². The lowest BCUT2D eigenvalue weighted by Crippen LogP contribution is -1.82. The molecule has 0 atom stereocenters. The fraction of sp³-hybridized carbons (Fsp3) is 0.455. The summed E-state index contributed by atoms with van der Waals surface area (Å²) in [6.45, 7) is 10.2. The molecule has 0 aromatic heterocycles. The summed E-state index contributed by atoms with van der Waals surface area (Å²) in [6.07, 6.45) is 2.11. The first kappa shape index (κ1) is 9.60. The molecule has 12 heavy (non-hydrogen) atoms. The number of halogens is 1. The van der Waals surface area contributed by atoms with E-state index < -0.39 is 0 Å². The van der Waals surface area contributed by atoms with Gasteiger partial charge in [-0.15, -0.1) is 0 Å². The molecule has 0 amide bonds. The average molecular weight is 183 g/mol. The van der Waals surface area contributed by atoms with Gasteiger partial charge >= 0.3 is 0 Å². The van der Waals surface area contributed by atoms with E-state index in [1.807, 2.05) is 6.92 Å². The van der Waals surface area contributed by atoms with Crippen molar-refractivity contribution in [2.45, 2.75) is 33.6 Å². The van der Waals surface area contributed by atoms with Crippen molar-refractivity contribution in [3.8, 4) is 0 Å². The SMILES string of the molecule is C=C(C)C1=C(Cl)C(C)=C(CC)C1. The summed E-state index contributed by atoms with van der Waals surface area (Å²) in [7, 11) is 0. The molecule has 1 aliphatic carbocycles. The summed E-state index contributed by atoms with van der Waals surface area (Å²) in [4.78, 5) is 0.